The second-order valence-corrected chi connectivity index (χ2v) is 10.6. The Bertz CT molecular complexity index is 1060. The van der Waals surface area contributed by atoms with Gasteiger partial charge in [0, 0.05) is 48.8 Å². The van der Waals surface area contributed by atoms with Crippen LogP contribution >= 0.6 is 11.6 Å². The minimum atomic E-state index is -4.58. The highest BCUT2D eigenvalue weighted by Gasteiger charge is 2.44. The first kappa shape index (κ1) is 24.9. The Hall–Kier alpha value is -1.78. The van der Waals surface area contributed by atoms with Crippen LogP contribution < -0.4 is 5.32 Å². The zero-order chi connectivity index (χ0) is 23.8. The van der Waals surface area contributed by atoms with E-state index in [9.17, 15) is 30.4 Å². The van der Waals surface area contributed by atoms with Gasteiger partial charge in [0.15, 0.2) is 9.84 Å². The molecule has 176 valence electrons. The quantitative estimate of drug-likeness (QED) is 0.544. The van der Waals surface area contributed by atoms with E-state index in [0.29, 0.717) is 11.1 Å². The molecule has 4 nitrogen and oxygen atoms in total. The van der Waals surface area contributed by atoms with Crippen molar-refractivity contribution in [3.05, 3.63) is 58.4 Å². The molecule has 1 heterocycles. The summed E-state index contributed by atoms with van der Waals surface area (Å²) >= 11 is 6.19. The van der Waals surface area contributed by atoms with E-state index >= 15 is 0 Å². The molecule has 0 bridgehead atoms. The summed E-state index contributed by atoms with van der Waals surface area (Å²) in [7, 11) is -3.41. The molecule has 32 heavy (non-hydrogen) atoms. The van der Waals surface area contributed by atoms with E-state index in [4.69, 9.17) is 11.6 Å². The standard InChI is InChI=1S/C21H22ClF5N2O2S/c1-32(30,31)16-4-2-14(17(22)10-16)11-28-13-19(6-8-20(23,24)9-7-19)15-3-5-18(29-12-15)21(25,26)27/h2-5,10,12,28H,6-9,11,13H2,1H3. The highest BCUT2D eigenvalue weighted by atomic mass is 35.5. The zero-order valence-corrected chi connectivity index (χ0v) is 18.7. The maximum atomic E-state index is 13.8. The van der Waals surface area contributed by atoms with Crippen molar-refractivity contribution in [1.82, 2.24) is 10.3 Å². The average Bonchev–Trinajstić information content (AvgIpc) is 2.69. The Morgan fingerprint density at radius 2 is 1.75 bits per heavy atom. The van der Waals surface area contributed by atoms with Crippen molar-refractivity contribution in [2.24, 2.45) is 0 Å². The molecule has 1 aromatic heterocycles. The van der Waals surface area contributed by atoms with E-state index in [-0.39, 0.29) is 48.7 Å². The number of halogens is 6. The first-order valence-corrected chi connectivity index (χ1v) is 12.1. The third-order valence-electron chi connectivity index (χ3n) is 5.84. The number of benzene rings is 1. The van der Waals surface area contributed by atoms with Gasteiger partial charge >= 0.3 is 6.18 Å². The molecule has 1 saturated carbocycles. The van der Waals surface area contributed by atoms with Gasteiger partial charge in [-0.3, -0.25) is 4.98 Å². The number of nitrogens with zero attached hydrogens (tertiary/aromatic N) is 1. The van der Waals surface area contributed by atoms with Crippen molar-refractivity contribution >= 4 is 21.4 Å². The van der Waals surface area contributed by atoms with Gasteiger partial charge in [-0.15, -0.1) is 0 Å². The lowest BCUT2D eigenvalue weighted by atomic mass is 9.68. The van der Waals surface area contributed by atoms with Crippen LogP contribution in [0.4, 0.5) is 22.0 Å². The van der Waals surface area contributed by atoms with Gasteiger partial charge in [-0.25, -0.2) is 17.2 Å². The van der Waals surface area contributed by atoms with Crippen LogP contribution in [0.1, 0.15) is 42.5 Å². The van der Waals surface area contributed by atoms with Gasteiger partial charge in [-0.2, -0.15) is 13.2 Å². The van der Waals surface area contributed by atoms with E-state index in [1.54, 1.807) is 6.07 Å². The topological polar surface area (TPSA) is 59.1 Å². The molecule has 2 aromatic rings. The predicted octanol–water partition coefficient (Wildman–Crippen LogP) is 5.39. The molecule has 3 rings (SSSR count). The maximum absolute atomic E-state index is 13.8. The molecule has 1 N–H and O–H groups in total. The van der Waals surface area contributed by atoms with Gasteiger partial charge in [0.2, 0.25) is 5.92 Å². The molecule has 0 radical (unpaired) electrons. The zero-order valence-electron chi connectivity index (χ0n) is 17.1. The molecule has 1 fully saturated rings. The van der Waals surface area contributed by atoms with E-state index in [0.717, 1.165) is 18.5 Å². The van der Waals surface area contributed by atoms with Gasteiger partial charge in [0.1, 0.15) is 5.69 Å². The SMILES string of the molecule is CS(=O)(=O)c1ccc(CNCC2(c3ccc(C(F)(F)F)nc3)CCC(F)(F)CC2)c(Cl)c1. The number of hydrogen-bond donors (Lipinski definition) is 1. The van der Waals surface area contributed by atoms with Crippen LogP contribution in [0.3, 0.4) is 0 Å². The molecule has 1 aromatic carbocycles. The summed E-state index contributed by atoms with van der Waals surface area (Å²) in [5.41, 5.74) is -0.769. The van der Waals surface area contributed by atoms with E-state index in [2.05, 4.69) is 10.3 Å². The second-order valence-electron chi connectivity index (χ2n) is 8.20. The number of aromatic nitrogens is 1. The minimum Gasteiger partial charge on any atom is -0.312 e. The van der Waals surface area contributed by atoms with Crippen molar-refractivity contribution in [1.29, 1.82) is 0 Å². The van der Waals surface area contributed by atoms with Crippen molar-refractivity contribution in [2.45, 2.75) is 54.6 Å². The lowest BCUT2D eigenvalue weighted by molar-refractivity contribution is -0.141. The number of pyridine rings is 1. The molecule has 0 aliphatic heterocycles. The number of rotatable bonds is 6. The Kier molecular flexibility index (Phi) is 6.89. The molecule has 0 saturated heterocycles. The van der Waals surface area contributed by atoms with Crippen molar-refractivity contribution in [3.8, 4) is 0 Å². The fraction of sp³-hybridized carbons (Fsp3) is 0.476. The molecule has 0 unspecified atom stereocenters. The predicted molar refractivity (Wildman–Crippen MR) is 111 cm³/mol. The van der Waals surface area contributed by atoms with Crippen LogP contribution in [0.5, 0.6) is 0 Å². The van der Waals surface area contributed by atoms with Crippen molar-refractivity contribution in [3.63, 3.8) is 0 Å². The van der Waals surface area contributed by atoms with Crippen LogP contribution in [0.25, 0.3) is 0 Å². The number of hydrogen-bond acceptors (Lipinski definition) is 4. The van der Waals surface area contributed by atoms with Gasteiger partial charge in [-0.05, 0) is 42.2 Å². The third kappa shape index (κ3) is 5.77. The van der Waals surface area contributed by atoms with Crippen molar-refractivity contribution < 1.29 is 30.4 Å². The summed E-state index contributed by atoms with van der Waals surface area (Å²) in [4.78, 5) is 3.58. The molecule has 1 aliphatic carbocycles. The van der Waals surface area contributed by atoms with E-state index < -0.39 is 33.0 Å². The molecule has 0 spiro atoms. The fourth-order valence-corrected chi connectivity index (χ4v) is 4.83. The number of alkyl halides is 5. The Morgan fingerprint density at radius 1 is 1.09 bits per heavy atom. The summed E-state index contributed by atoms with van der Waals surface area (Å²) in [5, 5.41) is 3.39. The Labute approximate surface area is 188 Å². The van der Waals surface area contributed by atoms with Crippen LogP contribution in [0.2, 0.25) is 5.02 Å². The Balaban J connectivity index is 1.79. The summed E-state index contributed by atoms with van der Waals surface area (Å²) < 4.78 is 89.5. The Morgan fingerprint density at radius 3 is 2.25 bits per heavy atom. The summed E-state index contributed by atoms with van der Waals surface area (Å²) in [6, 6.07) is 6.49. The van der Waals surface area contributed by atoms with Crippen molar-refractivity contribution in [2.75, 3.05) is 12.8 Å². The van der Waals surface area contributed by atoms with Crippen LogP contribution in [0.15, 0.2) is 41.4 Å². The van der Waals surface area contributed by atoms with Gasteiger partial charge in [-0.1, -0.05) is 23.7 Å². The highest BCUT2D eigenvalue weighted by molar-refractivity contribution is 7.90. The first-order valence-electron chi connectivity index (χ1n) is 9.83. The molecule has 1 aliphatic rings. The normalized spacial score (nSPS) is 18.5. The number of nitrogens with one attached hydrogen (secondary N) is 1. The molecular weight excluding hydrogens is 475 g/mol. The van der Waals surface area contributed by atoms with E-state index in [1.165, 1.54) is 18.2 Å². The summed E-state index contributed by atoms with van der Waals surface area (Å²) in [6.45, 7) is 0.454. The molecular formula is C21H22ClF5N2O2S. The van der Waals surface area contributed by atoms with E-state index in [1.807, 2.05) is 0 Å². The smallest absolute Gasteiger partial charge is 0.312 e. The van der Waals surface area contributed by atoms with Gasteiger partial charge in [0.05, 0.1) is 4.90 Å². The maximum Gasteiger partial charge on any atom is 0.433 e. The average molecular weight is 497 g/mol. The minimum absolute atomic E-state index is 0.0769. The molecule has 11 heteroatoms. The fourth-order valence-electron chi connectivity index (χ4n) is 3.88. The van der Waals surface area contributed by atoms with Gasteiger partial charge in [0.25, 0.3) is 0 Å². The third-order valence-corrected chi connectivity index (χ3v) is 7.30. The van der Waals surface area contributed by atoms with Crippen LogP contribution in [0, 0.1) is 0 Å². The lowest BCUT2D eigenvalue weighted by Crippen LogP contribution is -2.44. The first-order chi connectivity index (χ1) is 14.7. The largest absolute Gasteiger partial charge is 0.433 e. The molecule has 0 amide bonds. The second kappa shape index (κ2) is 8.87. The summed E-state index contributed by atoms with van der Waals surface area (Å²) in [6.07, 6.45) is -2.99. The monoisotopic (exact) mass is 496 g/mol. The molecule has 0 atom stereocenters. The summed E-state index contributed by atoms with van der Waals surface area (Å²) in [5.74, 6) is -2.81. The van der Waals surface area contributed by atoms with Crippen LogP contribution in [-0.2, 0) is 28.0 Å². The highest BCUT2D eigenvalue weighted by Crippen LogP contribution is 2.45. The lowest BCUT2D eigenvalue weighted by Gasteiger charge is -2.40. The van der Waals surface area contributed by atoms with Crippen LogP contribution in [-0.4, -0.2) is 32.1 Å². The number of sulfone groups is 1. The van der Waals surface area contributed by atoms with Gasteiger partial charge < -0.3 is 5.32 Å².